The summed E-state index contributed by atoms with van der Waals surface area (Å²) in [6.07, 6.45) is 7.05. The summed E-state index contributed by atoms with van der Waals surface area (Å²) in [6, 6.07) is 11.8. The molecule has 0 N–H and O–H groups in total. The molecule has 8 heteroatoms. The fraction of sp³-hybridized carbons (Fsp3) is 0.429. The van der Waals surface area contributed by atoms with E-state index in [1.807, 2.05) is 57.2 Å². The molecule has 4 rings (SSSR count). The molecule has 0 spiro atoms. The van der Waals surface area contributed by atoms with E-state index in [1.165, 1.54) is 11.8 Å². The Morgan fingerprint density at radius 2 is 1.81 bits per heavy atom. The molecule has 0 radical (unpaired) electrons. The second-order valence-electron chi connectivity index (χ2n) is 9.35. The lowest BCUT2D eigenvalue weighted by molar-refractivity contribution is -0.123. The number of carbonyl (C=O) groups is 1. The van der Waals surface area contributed by atoms with Crippen molar-refractivity contribution in [2.75, 3.05) is 18.0 Å². The smallest absolute Gasteiger partial charge is 0.270 e. The van der Waals surface area contributed by atoms with E-state index in [0.29, 0.717) is 21.3 Å². The summed E-state index contributed by atoms with van der Waals surface area (Å²) in [4.78, 5) is 31.4. The predicted octanol–water partition coefficient (Wildman–Crippen LogP) is 5.78. The van der Waals surface area contributed by atoms with E-state index in [1.54, 1.807) is 9.47 Å². The van der Waals surface area contributed by atoms with Crippen molar-refractivity contribution in [1.29, 1.82) is 5.26 Å². The molecule has 188 valence electrons. The van der Waals surface area contributed by atoms with Crippen LogP contribution in [0.4, 0.5) is 5.82 Å². The molecule has 1 unspecified atom stereocenters. The molecule has 2 fully saturated rings. The van der Waals surface area contributed by atoms with Crippen molar-refractivity contribution in [3.63, 3.8) is 0 Å². The number of nitriles is 1. The number of pyridine rings is 1. The molecular formula is C28H32N4O2S2. The summed E-state index contributed by atoms with van der Waals surface area (Å²) in [5, 5.41) is 9.86. The van der Waals surface area contributed by atoms with Gasteiger partial charge in [0.05, 0.1) is 10.9 Å². The first-order valence-electron chi connectivity index (χ1n) is 12.6. The van der Waals surface area contributed by atoms with Crippen LogP contribution in [-0.4, -0.2) is 32.8 Å². The van der Waals surface area contributed by atoms with Crippen molar-refractivity contribution in [3.8, 4) is 6.07 Å². The Hall–Kier alpha value is -2.89. The zero-order valence-electron chi connectivity index (χ0n) is 21.1. The van der Waals surface area contributed by atoms with Crippen molar-refractivity contribution in [3.05, 3.63) is 67.8 Å². The molecule has 1 aromatic carbocycles. The molecule has 0 bridgehead atoms. The number of hydrogen-bond donors (Lipinski definition) is 0. The van der Waals surface area contributed by atoms with Gasteiger partial charge in [0.1, 0.15) is 21.8 Å². The van der Waals surface area contributed by atoms with Crippen LogP contribution in [-0.2, 0) is 11.3 Å². The van der Waals surface area contributed by atoms with Crippen LogP contribution in [0.15, 0.2) is 40.0 Å². The van der Waals surface area contributed by atoms with Gasteiger partial charge < -0.3 is 4.90 Å². The first kappa shape index (κ1) is 26.2. The van der Waals surface area contributed by atoms with E-state index in [0.717, 1.165) is 62.1 Å². The van der Waals surface area contributed by atoms with Crippen LogP contribution in [0.1, 0.15) is 74.2 Å². The normalized spacial score (nSPS) is 18.4. The van der Waals surface area contributed by atoms with Crippen LogP contribution in [0.3, 0.4) is 0 Å². The highest BCUT2D eigenvalue weighted by Gasteiger charge is 2.36. The van der Waals surface area contributed by atoms with Crippen LogP contribution < -0.4 is 10.5 Å². The van der Waals surface area contributed by atoms with Gasteiger partial charge in [0, 0.05) is 25.2 Å². The van der Waals surface area contributed by atoms with Gasteiger partial charge in [-0.25, -0.2) is 0 Å². The van der Waals surface area contributed by atoms with E-state index in [4.69, 9.17) is 12.2 Å². The number of carbonyl (C=O) groups excluding carboxylic acids is 1. The van der Waals surface area contributed by atoms with Crippen molar-refractivity contribution < 1.29 is 4.79 Å². The van der Waals surface area contributed by atoms with Crippen molar-refractivity contribution in [1.82, 2.24) is 9.47 Å². The molecule has 0 saturated carbocycles. The minimum atomic E-state index is -0.251. The quantitative estimate of drug-likeness (QED) is 0.355. The summed E-state index contributed by atoms with van der Waals surface area (Å²) in [5.74, 6) is 0.677. The molecule has 2 aliphatic heterocycles. The predicted molar refractivity (Wildman–Crippen MR) is 151 cm³/mol. The van der Waals surface area contributed by atoms with Gasteiger partial charge in [0.15, 0.2) is 0 Å². The highest BCUT2D eigenvalue weighted by atomic mass is 32.2. The monoisotopic (exact) mass is 520 g/mol. The fourth-order valence-electron chi connectivity index (χ4n) is 5.02. The Kier molecular flexibility index (Phi) is 8.32. The van der Waals surface area contributed by atoms with E-state index in [9.17, 15) is 14.9 Å². The molecule has 1 aromatic heterocycles. The Bertz CT molecular complexity index is 1290. The topological polar surface area (TPSA) is 69.3 Å². The molecule has 1 amide bonds. The van der Waals surface area contributed by atoms with Crippen LogP contribution in [0.5, 0.6) is 0 Å². The molecule has 2 aliphatic rings. The van der Waals surface area contributed by atoms with Gasteiger partial charge in [-0.2, -0.15) is 5.26 Å². The number of hydrogen-bond acceptors (Lipinski definition) is 6. The zero-order valence-corrected chi connectivity index (χ0v) is 22.8. The maximum atomic E-state index is 13.6. The zero-order chi connectivity index (χ0) is 25.8. The lowest BCUT2D eigenvalue weighted by atomic mass is 10.0. The average Bonchev–Trinajstić information content (AvgIpc) is 3.04. The Labute approximate surface area is 222 Å². The van der Waals surface area contributed by atoms with Gasteiger partial charge in [0.25, 0.3) is 11.5 Å². The Morgan fingerprint density at radius 1 is 1.14 bits per heavy atom. The molecule has 0 aliphatic carbocycles. The Balaban J connectivity index is 1.85. The fourth-order valence-corrected chi connectivity index (χ4v) is 6.42. The van der Waals surface area contributed by atoms with Crippen LogP contribution >= 0.6 is 24.0 Å². The summed E-state index contributed by atoms with van der Waals surface area (Å²) in [5.41, 5.74) is 2.30. The third kappa shape index (κ3) is 5.00. The lowest BCUT2D eigenvalue weighted by Crippen LogP contribution is -2.35. The van der Waals surface area contributed by atoms with Crippen molar-refractivity contribution >= 4 is 46.1 Å². The number of thiocarbonyl (C=S) groups is 1. The highest BCUT2D eigenvalue weighted by Crippen LogP contribution is 2.40. The van der Waals surface area contributed by atoms with Gasteiger partial charge >= 0.3 is 0 Å². The summed E-state index contributed by atoms with van der Waals surface area (Å²) in [6.45, 7) is 8.04. The van der Waals surface area contributed by atoms with Gasteiger partial charge in [-0.15, -0.1) is 0 Å². The van der Waals surface area contributed by atoms with E-state index < -0.39 is 0 Å². The number of benzene rings is 1. The van der Waals surface area contributed by atoms with Crippen LogP contribution in [0.25, 0.3) is 6.08 Å². The second-order valence-corrected chi connectivity index (χ2v) is 11.0. The summed E-state index contributed by atoms with van der Waals surface area (Å²) in [7, 11) is 0. The van der Waals surface area contributed by atoms with Gasteiger partial charge in [-0.05, 0) is 50.3 Å². The van der Waals surface area contributed by atoms with E-state index in [2.05, 4.69) is 11.0 Å². The van der Waals surface area contributed by atoms with E-state index >= 15 is 0 Å². The standard InChI is InChI=1S/C28H32N4O2S2/c1-4-14-31-25(30-15-10-5-6-11-16-30)22(19(2)23(18-29)26(31)33)17-24-27(34)32(28(35)36-24)20(3)21-12-8-7-9-13-21/h7-9,12-13,17,20H,4-6,10-11,14-16H2,1-3H3. The third-order valence-corrected chi connectivity index (χ3v) is 8.30. The van der Waals surface area contributed by atoms with Crippen LogP contribution in [0, 0.1) is 18.3 Å². The molecular weight excluding hydrogens is 488 g/mol. The maximum Gasteiger partial charge on any atom is 0.270 e. The number of rotatable bonds is 6. The van der Waals surface area contributed by atoms with Gasteiger partial charge in [-0.3, -0.25) is 19.1 Å². The summed E-state index contributed by atoms with van der Waals surface area (Å²) >= 11 is 6.93. The number of aromatic nitrogens is 1. The van der Waals surface area contributed by atoms with Gasteiger partial charge in [0.2, 0.25) is 0 Å². The maximum absolute atomic E-state index is 13.6. The highest BCUT2D eigenvalue weighted by molar-refractivity contribution is 8.26. The van der Waals surface area contributed by atoms with E-state index in [-0.39, 0.29) is 23.1 Å². The SMILES string of the molecule is CCCn1c(N2CCCCCC2)c(C=C2SC(=S)N(C(C)c3ccccc3)C2=O)c(C)c(C#N)c1=O. The number of nitrogens with zero attached hydrogens (tertiary/aromatic N) is 4. The van der Waals surface area contributed by atoms with Crippen molar-refractivity contribution in [2.45, 2.75) is 65.5 Å². The molecule has 2 saturated heterocycles. The molecule has 36 heavy (non-hydrogen) atoms. The number of anilines is 1. The first-order chi connectivity index (χ1) is 17.4. The molecule has 6 nitrogen and oxygen atoms in total. The molecule has 2 aromatic rings. The van der Waals surface area contributed by atoms with Gasteiger partial charge in [-0.1, -0.05) is 74.1 Å². The second kappa shape index (κ2) is 11.4. The molecule has 3 heterocycles. The minimum absolute atomic E-state index is 0.140. The molecule has 1 atom stereocenters. The Morgan fingerprint density at radius 3 is 2.42 bits per heavy atom. The third-order valence-electron chi connectivity index (χ3n) is 6.97. The average molecular weight is 521 g/mol. The van der Waals surface area contributed by atoms with Crippen LogP contribution in [0.2, 0.25) is 0 Å². The number of thioether (sulfide) groups is 1. The first-order valence-corrected chi connectivity index (χ1v) is 13.9. The largest absolute Gasteiger partial charge is 0.357 e. The minimum Gasteiger partial charge on any atom is -0.357 e. The number of amides is 1. The lowest BCUT2D eigenvalue weighted by Gasteiger charge is -2.29. The van der Waals surface area contributed by atoms with Crippen molar-refractivity contribution in [2.24, 2.45) is 0 Å². The summed E-state index contributed by atoms with van der Waals surface area (Å²) < 4.78 is 2.26.